The van der Waals surface area contributed by atoms with Crippen LogP contribution in [0.2, 0.25) is 0 Å². The molecule has 2 rings (SSSR count). The first-order chi connectivity index (χ1) is 7.09. The van der Waals surface area contributed by atoms with E-state index in [1.54, 1.807) is 10.9 Å². The minimum absolute atomic E-state index is 0.0771. The Morgan fingerprint density at radius 3 is 2.80 bits per heavy atom. The van der Waals surface area contributed by atoms with Crippen LogP contribution in [0.15, 0.2) is 12.3 Å². The zero-order valence-corrected chi connectivity index (χ0v) is 8.35. The van der Waals surface area contributed by atoms with Crippen LogP contribution in [-0.2, 0) is 7.05 Å². The second-order valence-corrected chi connectivity index (χ2v) is 3.24. The van der Waals surface area contributed by atoms with Crippen LogP contribution in [0.1, 0.15) is 16.2 Å². The number of carbonyl (C=O) groups is 1. The highest BCUT2D eigenvalue weighted by atomic mass is 16.4. The Bertz CT molecular complexity index is 512. The summed E-state index contributed by atoms with van der Waals surface area (Å²) in [6, 6.07) is 1.49. The van der Waals surface area contributed by atoms with E-state index in [9.17, 15) is 4.79 Å². The number of nitrogens with zero attached hydrogens (tertiary/aromatic N) is 3. The number of aromatic amines is 1. The Morgan fingerprint density at radius 1 is 1.60 bits per heavy atom. The number of nitrogens with one attached hydrogen (secondary N) is 1. The van der Waals surface area contributed by atoms with Gasteiger partial charge in [-0.05, 0) is 13.0 Å². The van der Waals surface area contributed by atoms with Gasteiger partial charge in [0, 0.05) is 18.3 Å². The van der Waals surface area contributed by atoms with E-state index in [0.717, 1.165) is 11.3 Å². The van der Waals surface area contributed by atoms with Gasteiger partial charge in [0.05, 0.1) is 11.9 Å². The number of aromatic nitrogens is 4. The maximum Gasteiger partial charge on any atom is 0.353 e. The third kappa shape index (κ3) is 1.50. The molecule has 0 fully saturated rings. The molecule has 0 spiro atoms. The molecule has 2 N–H and O–H groups in total. The van der Waals surface area contributed by atoms with Crippen LogP contribution >= 0.6 is 0 Å². The Kier molecular flexibility index (Phi) is 2.03. The van der Waals surface area contributed by atoms with Crippen LogP contribution in [0.25, 0.3) is 11.3 Å². The van der Waals surface area contributed by atoms with Gasteiger partial charge in [0.1, 0.15) is 5.69 Å². The molecule has 15 heavy (non-hydrogen) atoms. The van der Waals surface area contributed by atoms with E-state index in [-0.39, 0.29) is 5.69 Å². The van der Waals surface area contributed by atoms with Crippen LogP contribution in [0.3, 0.4) is 0 Å². The summed E-state index contributed by atoms with van der Waals surface area (Å²) in [5, 5.41) is 19.2. The molecule has 0 aromatic carbocycles. The van der Waals surface area contributed by atoms with E-state index in [1.807, 2.05) is 14.0 Å². The summed E-state index contributed by atoms with van der Waals surface area (Å²) in [4.78, 5) is 10.6. The molecule has 0 saturated carbocycles. The highest BCUT2D eigenvalue weighted by Gasteiger charge is 2.12. The molecule has 0 aliphatic carbocycles. The number of hydrogen-bond acceptors (Lipinski definition) is 3. The summed E-state index contributed by atoms with van der Waals surface area (Å²) in [6.07, 6.45) is 1.66. The molecule has 0 radical (unpaired) electrons. The van der Waals surface area contributed by atoms with Gasteiger partial charge in [-0.25, -0.2) is 4.79 Å². The Morgan fingerprint density at radius 2 is 2.33 bits per heavy atom. The van der Waals surface area contributed by atoms with Crippen molar-refractivity contribution < 1.29 is 9.90 Å². The topological polar surface area (TPSA) is 83.8 Å². The Balaban J connectivity index is 2.46. The lowest BCUT2D eigenvalue weighted by molar-refractivity contribution is 0.0690. The fourth-order valence-corrected chi connectivity index (χ4v) is 1.32. The number of hydrogen-bond donors (Lipinski definition) is 2. The monoisotopic (exact) mass is 206 g/mol. The van der Waals surface area contributed by atoms with Gasteiger partial charge in [-0.2, -0.15) is 10.2 Å². The molecule has 0 unspecified atom stereocenters. The van der Waals surface area contributed by atoms with Crippen molar-refractivity contribution in [2.24, 2.45) is 7.05 Å². The fourth-order valence-electron chi connectivity index (χ4n) is 1.32. The van der Waals surface area contributed by atoms with E-state index < -0.39 is 5.97 Å². The zero-order valence-electron chi connectivity index (χ0n) is 8.35. The first kappa shape index (κ1) is 9.45. The zero-order chi connectivity index (χ0) is 11.0. The minimum Gasteiger partial charge on any atom is -0.477 e. The summed E-state index contributed by atoms with van der Waals surface area (Å²) in [5.41, 5.74) is 2.45. The number of H-pyrrole nitrogens is 1. The molecule has 2 aromatic rings. The van der Waals surface area contributed by atoms with Gasteiger partial charge in [-0.1, -0.05) is 0 Å². The van der Waals surface area contributed by atoms with Crippen LogP contribution in [0.5, 0.6) is 0 Å². The maximum atomic E-state index is 10.6. The van der Waals surface area contributed by atoms with Crippen LogP contribution in [0.4, 0.5) is 0 Å². The molecule has 2 heterocycles. The lowest BCUT2D eigenvalue weighted by Gasteiger charge is -1.94. The van der Waals surface area contributed by atoms with Crippen molar-refractivity contribution in [1.82, 2.24) is 20.0 Å². The molecule has 6 heteroatoms. The SMILES string of the molecule is Cc1c(-c2cc(C(=O)O)[nH]n2)cnn1C. The van der Waals surface area contributed by atoms with E-state index >= 15 is 0 Å². The van der Waals surface area contributed by atoms with Crippen molar-refractivity contribution >= 4 is 5.97 Å². The minimum atomic E-state index is -1.02. The second-order valence-electron chi connectivity index (χ2n) is 3.24. The molecule has 0 bridgehead atoms. The van der Waals surface area contributed by atoms with Gasteiger partial charge in [0.15, 0.2) is 0 Å². The van der Waals surface area contributed by atoms with E-state index in [4.69, 9.17) is 5.11 Å². The average molecular weight is 206 g/mol. The second kappa shape index (κ2) is 3.23. The van der Waals surface area contributed by atoms with E-state index in [0.29, 0.717) is 5.69 Å². The summed E-state index contributed by atoms with van der Waals surface area (Å²) < 4.78 is 1.71. The first-order valence-corrected chi connectivity index (χ1v) is 4.37. The van der Waals surface area contributed by atoms with E-state index in [2.05, 4.69) is 15.3 Å². The van der Waals surface area contributed by atoms with Crippen molar-refractivity contribution in [2.45, 2.75) is 6.92 Å². The third-order valence-electron chi connectivity index (χ3n) is 2.32. The molecule has 0 atom stereocenters. The first-order valence-electron chi connectivity index (χ1n) is 4.37. The van der Waals surface area contributed by atoms with Gasteiger partial charge in [0.25, 0.3) is 0 Å². The molecule has 0 saturated heterocycles. The molecule has 6 nitrogen and oxygen atoms in total. The molecule has 78 valence electrons. The van der Waals surface area contributed by atoms with Crippen LogP contribution < -0.4 is 0 Å². The molecule has 0 aliphatic rings. The summed E-state index contributed by atoms with van der Waals surface area (Å²) in [5.74, 6) is -1.02. The van der Waals surface area contributed by atoms with Gasteiger partial charge in [0.2, 0.25) is 0 Å². The van der Waals surface area contributed by atoms with Crippen LogP contribution in [-0.4, -0.2) is 31.1 Å². The number of aryl methyl sites for hydroxylation is 1. The van der Waals surface area contributed by atoms with Crippen molar-refractivity contribution in [2.75, 3.05) is 0 Å². The maximum absolute atomic E-state index is 10.6. The van der Waals surface area contributed by atoms with Gasteiger partial charge >= 0.3 is 5.97 Å². The summed E-state index contributed by atoms with van der Waals surface area (Å²) in [6.45, 7) is 1.90. The third-order valence-corrected chi connectivity index (χ3v) is 2.32. The van der Waals surface area contributed by atoms with Gasteiger partial charge in [-0.3, -0.25) is 9.78 Å². The molecular formula is C9H10N4O2. The average Bonchev–Trinajstić information content (AvgIpc) is 2.76. The molecule has 0 amide bonds. The summed E-state index contributed by atoms with van der Waals surface area (Å²) >= 11 is 0. The van der Waals surface area contributed by atoms with Crippen molar-refractivity contribution in [3.63, 3.8) is 0 Å². The van der Waals surface area contributed by atoms with Crippen molar-refractivity contribution in [3.8, 4) is 11.3 Å². The lowest BCUT2D eigenvalue weighted by atomic mass is 10.2. The van der Waals surface area contributed by atoms with Crippen molar-refractivity contribution in [1.29, 1.82) is 0 Å². The normalized spacial score (nSPS) is 10.5. The quantitative estimate of drug-likeness (QED) is 0.761. The standard InChI is InChI=1S/C9H10N4O2/c1-5-6(4-10-13(5)2)7-3-8(9(14)15)12-11-7/h3-4H,1-2H3,(H,11,12)(H,14,15). The van der Waals surface area contributed by atoms with Crippen LogP contribution in [0, 0.1) is 6.92 Å². The molecular weight excluding hydrogens is 196 g/mol. The number of carboxylic acids is 1. The Labute approximate surface area is 85.5 Å². The number of carboxylic acid groups (broad SMARTS) is 1. The lowest BCUT2D eigenvalue weighted by Crippen LogP contribution is -1.95. The Hall–Kier alpha value is -2.11. The number of rotatable bonds is 2. The van der Waals surface area contributed by atoms with Gasteiger partial charge < -0.3 is 5.11 Å². The highest BCUT2D eigenvalue weighted by molar-refractivity contribution is 5.86. The predicted molar refractivity (Wildman–Crippen MR) is 52.5 cm³/mol. The van der Waals surface area contributed by atoms with Gasteiger partial charge in [-0.15, -0.1) is 0 Å². The van der Waals surface area contributed by atoms with Crippen molar-refractivity contribution in [3.05, 3.63) is 23.7 Å². The largest absolute Gasteiger partial charge is 0.477 e. The fraction of sp³-hybridized carbons (Fsp3) is 0.222. The number of aromatic carboxylic acids is 1. The summed E-state index contributed by atoms with van der Waals surface area (Å²) in [7, 11) is 1.82. The predicted octanol–water partition coefficient (Wildman–Crippen LogP) is 0.817. The molecule has 0 aliphatic heterocycles. The van der Waals surface area contributed by atoms with E-state index in [1.165, 1.54) is 6.07 Å². The molecule has 2 aromatic heterocycles. The smallest absolute Gasteiger partial charge is 0.353 e. The highest BCUT2D eigenvalue weighted by Crippen LogP contribution is 2.20.